The summed E-state index contributed by atoms with van der Waals surface area (Å²) in [5, 5.41) is 0. The Morgan fingerprint density at radius 1 is 1.12 bits per heavy atom. The molecule has 0 N–H and O–H groups in total. The molecule has 0 unspecified atom stereocenters. The highest BCUT2D eigenvalue weighted by molar-refractivity contribution is 5.47. The number of fused-ring (bicyclic) bond motifs is 3. The van der Waals surface area contributed by atoms with Crippen LogP contribution in [0.5, 0.6) is 0 Å². The summed E-state index contributed by atoms with van der Waals surface area (Å²) in [6.45, 7) is 8.35. The van der Waals surface area contributed by atoms with Gasteiger partial charge in [0.05, 0.1) is 11.4 Å². The molecule has 3 rings (SSSR count). The zero-order chi connectivity index (χ0) is 11.6. The Kier molecular flexibility index (Phi) is 1.64. The molecule has 0 bridgehead atoms. The fourth-order valence-corrected chi connectivity index (χ4v) is 2.73. The topological polar surface area (TPSA) is 26.5 Å². The number of imidazole rings is 1. The summed E-state index contributed by atoms with van der Waals surface area (Å²) in [5.74, 6) is 0. The van der Waals surface area contributed by atoms with Crippen LogP contribution in [0.3, 0.4) is 0 Å². The summed E-state index contributed by atoms with van der Waals surface area (Å²) in [6.07, 6.45) is 2.05. The van der Waals surface area contributed by atoms with Gasteiger partial charge in [-0.2, -0.15) is 0 Å². The van der Waals surface area contributed by atoms with Gasteiger partial charge in [0.1, 0.15) is 16.8 Å². The minimum absolute atomic E-state index is 0.278. The van der Waals surface area contributed by atoms with Crippen LogP contribution >= 0.6 is 0 Å². The van der Waals surface area contributed by atoms with Crippen molar-refractivity contribution in [2.24, 2.45) is 0 Å². The van der Waals surface area contributed by atoms with Crippen molar-refractivity contribution in [2.75, 3.05) is 0 Å². The van der Waals surface area contributed by atoms with Crippen LogP contribution in [0.25, 0.3) is 5.65 Å². The van der Waals surface area contributed by atoms with Gasteiger partial charge in [-0.25, -0.2) is 4.98 Å². The smallest absolute Gasteiger partial charge is 0.137 e. The average molecular weight is 216 g/mol. The van der Waals surface area contributed by atoms with E-state index in [2.05, 4.69) is 37.1 Å². The van der Waals surface area contributed by atoms with Crippen LogP contribution in [0.4, 0.5) is 0 Å². The van der Waals surface area contributed by atoms with E-state index in [-0.39, 0.29) is 11.2 Å². The van der Waals surface area contributed by atoms with E-state index in [0.717, 1.165) is 11.3 Å². The van der Waals surface area contributed by atoms with Gasteiger partial charge in [0.2, 0.25) is 0 Å². The van der Waals surface area contributed by atoms with Crippen molar-refractivity contribution in [1.82, 2.24) is 9.38 Å². The number of hydrogen-bond donors (Lipinski definition) is 0. The van der Waals surface area contributed by atoms with Crippen molar-refractivity contribution in [3.63, 3.8) is 0 Å². The molecule has 1 aliphatic heterocycles. The zero-order valence-electron chi connectivity index (χ0n) is 10.1. The van der Waals surface area contributed by atoms with Gasteiger partial charge in [-0.05, 0) is 39.8 Å². The lowest BCUT2D eigenvalue weighted by molar-refractivity contribution is -0.108. The molecule has 84 valence electrons. The molecule has 0 amide bonds. The quantitative estimate of drug-likeness (QED) is 0.677. The monoisotopic (exact) mass is 216 g/mol. The minimum Gasteiger partial charge on any atom is -0.357 e. The molecule has 0 saturated carbocycles. The van der Waals surface area contributed by atoms with E-state index in [1.165, 1.54) is 5.69 Å². The molecule has 0 atom stereocenters. The Bertz CT molecular complexity index is 566. The highest BCUT2D eigenvalue weighted by atomic mass is 16.5. The first-order valence-corrected chi connectivity index (χ1v) is 5.60. The van der Waals surface area contributed by atoms with Crippen LogP contribution in [0.15, 0.2) is 24.4 Å². The Morgan fingerprint density at radius 2 is 1.88 bits per heavy atom. The predicted molar refractivity (Wildman–Crippen MR) is 62.3 cm³/mol. The second-order valence-corrected chi connectivity index (χ2v) is 5.36. The molecule has 16 heavy (non-hydrogen) atoms. The summed E-state index contributed by atoms with van der Waals surface area (Å²) in [6, 6.07) is 6.07. The van der Waals surface area contributed by atoms with Crippen LogP contribution in [0, 0.1) is 0 Å². The van der Waals surface area contributed by atoms with Gasteiger partial charge in [-0.15, -0.1) is 0 Å². The van der Waals surface area contributed by atoms with Crippen LogP contribution in [0.2, 0.25) is 0 Å². The first-order valence-electron chi connectivity index (χ1n) is 5.60. The third-order valence-corrected chi connectivity index (χ3v) is 3.18. The highest BCUT2D eigenvalue weighted by Gasteiger charge is 2.46. The van der Waals surface area contributed by atoms with Gasteiger partial charge in [-0.3, -0.25) is 0 Å². The molecule has 0 fully saturated rings. The maximum Gasteiger partial charge on any atom is 0.137 e. The summed E-state index contributed by atoms with van der Waals surface area (Å²) < 4.78 is 8.20. The van der Waals surface area contributed by atoms with Crippen LogP contribution in [0.1, 0.15) is 39.1 Å². The number of ether oxygens (including phenoxy) is 1. The lowest BCUT2D eigenvalue weighted by Crippen LogP contribution is -2.24. The minimum atomic E-state index is -0.301. The fraction of sp³-hybridized carbons (Fsp3) is 0.462. The largest absolute Gasteiger partial charge is 0.357 e. The van der Waals surface area contributed by atoms with Gasteiger partial charge in [0, 0.05) is 6.20 Å². The standard InChI is InChI=1S/C13H16N2O/c1-12(2)10-11(13(3,4)16-12)15-8-6-5-7-9(15)14-10/h5-8H,1-4H3. The molecule has 0 spiro atoms. The number of nitrogens with zero attached hydrogens (tertiary/aromatic N) is 2. The second kappa shape index (κ2) is 2.66. The van der Waals surface area contributed by atoms with E-state index in [9.17, 15) is 0 Å². The van der Waals surface area contributed by atoms with Crippen molar-refractivity contribution in [2.45, 2.75) is 38.9 Å². The predicted octanol–water partition coefficient (Wildman–Crippen LogP) is 2.83. The SMILES string of the molecule is CC1(C)OC(C)(C)c2c1nc1ccccn21. The van der Waals surface area contributed by atoms with Gasteiger partial charge in [0.15, 0.2) is 0 Å². The molecular formula is C13H16N2O. The molecule has 0 radical (unpaired) electrons. The van der Waals surface area contributed by atoms with E-state index in [4.69, 9.17) is 4.74 Å². The zero-order valence-corrected chi connectivity index (χ0v) is 10.1. The first kappa shape index (κ1) is 9.85. The molecule has 0 saturated heterocycles. The van der Waals surface area contributed by atoms with Gasteiger partial charge < -0.3 is 9.14 Å². The Morgan fingerprint density at radius 3 is 2.62 bits per heavy atom. The maximum absolute atomic E-state index is 6.07. The summed E-state index contributed by atoms with van der Waals surface area (Å²) in [7, 11) is 0. The van der Waals surface area contributed by atoms with Crippen LogP contribution < -0.4 is 0 Å². The highest BCUT2D eigenvalue weighted by Crippen LogP contribution is 2.46. The molecule has 2 aromatic heterocycles. The summed E-state index contributed by atoms with van der Waals surface area (Å²) >= 11 is 0. The van der Waals surface area contributed by atoms with Crippen molar-refractivity contribution in [3.05, 3.63) is 35.8 Å². The van der Waals surface area contributed by atoms with Gasteiger partial charge >= 0.3 is 0 Å². The number of aromatic nitrogens is 2. The molecular weight excluding hydrogens is 200 g/mol. The molecule has 3 heterocycles. The van der Waals surface area contributed by atoms with Crippen molar-refractivity contribution in [1.29, 1.82) is 0 Å². The maximum atomic E-state index is 6.07. The van der Waals surface area contributed by atoms with Crippen molar-refractivity contribution < 1.29 is 4.74 Å². The third-order valence-electron chi connectivity index (χ3n) is 3.18. The first-order chi connectivity index (χ1) is 7.42. The summed E-state index contributed by atoms with van der Waals surface area (Å²) in [4.78, 5) is 4.68. The molecule has 0 aliphatic carbocycles. The Labute approximate surface area is 95.1 Å². The lowest BCUT2D eigenvalue weighted by atomic mass is 10.0. The van der Waals surface area contributed by atoms with E-state index >= 15 is 0 Å². The molecule has 2 aromatic rings. The number of hydrogen-bond acceptors (Lipinski definition) is 2. The second-order valence-electron chi connectivity index (χ2n) is 5.36. The average Bonchev–Trinajstić information content (AvgIpc) is 2.62. The van der Waals surface area contributed by atoms with E-state index in [1.807, 2.05) is 24.4 Å². The summed E-state index contributed by atoms with van der Waals surface area (Å²) in [5.41, 5.74) is 2.65. The lowest BCUT2D eigenvalue weighted by Gasteiger charge is -2.25. The number of pyridine rings is 1. The molecule has 3 heteroatoms. The van der Waals surface area contributed by atoms with Gasteiger partial charge in [0.25, 0.3) is 0 Å². The Balaban J connectivity index is 2.42. The molecule has 3 nitrogen and oxygen atoms in total. The third kappa shape index (κ3) is 1.09. The van der Waals surface area contributed by atoms with Crippen LogP contribution in [-0.2, 0) is 15.9 Å². The number of rotatable bonds is 0. The van der Waals surface area contributed by atoms with Crippen LogP contribution in [-0.4, -0.2) is 9.38 Å². The Hall–Kier alpha value is -1.35. The van der Waals surface area contributed by atoms with Crippen molar-refractivity contribution >= 4 is 5.65 Å². The van der Waals surface area contributed by atoms with E-state index < -0.39 is 0 Å². The van der Waals surface area contributed by atoms with E-state index in [0.29, 0.717) is 0 Å². The molecule has 1 aliphatic rings. The molecule has 0 aromatic carbocycles. The van der Waals surface area contributed by atoms with E-state index in [1.54, 1.807) is 0 Å². The van der Waals surface area contributed by atoms with Gasteiger partial charge in [-0.1, -0.05) is 6.07 Å². The van der Waals surface area contributed by atoms with Crippen molar-refractivity contribution in [3.8, 4) is 0 Å². The normalized spacial score (nSPS) is 21.2. The fourth-order valence-electron chi connectivity index (χ4n) is 2.73.